The van der Waals surface area contributed by atoms with Crippen LogP contribution in [0.1, 0.15) is 17.2 Å². The molecule has 16 heavy (non-hydrogen) atoms. The van der Waals surface area contributed by atoms with Crippen LogP contribution in [0.5, 0.6) is 0 Å². The normalized spacial score (nSPS) is 24.4. The van der Waals surface area contributed by atoms with Crippen molar-refractivity contribution in [3.05, 3.63) is 35.4 Å². The number of aliphatic hydroxyl groups is 1. The second kappa shape index (κ2) is 4.14. The van der Waals surface area contributed by atoms with Crippen LogP contribution in [0.3, 0.4) is 0 Å². The third-order valence-electron chi connectivity index (χ3n) is 2.75. The first kappa shape index (κ1) is 11.5. The van der Waals surface area contributed by atoms with Gasteiger partial charge >= 0.3 is 0 Å². The van der Waals surface area contributed by atoms with Crippen LogP contribution in [0.4, 0.5) is 0 Å². The Bertz CT molecular complexity index is 487. The molecule has 0 amide bonds. The highest BCUT2D eigenvalue weighted by Gasteiger charge is 2.33. The zero-order chi connectivity index (χ0) is 11.8. The minimum atomic E-state index is -3.54. The molecule has 1 aromatic rings. The van der Waals surface area contributed by atoms with Crippen molar-refractivity contribution in [3.8, 4) is 0 Å². The van der Waals surface area contributed by atoms with Crippen LogP contribution in [0.15, 0.2) is 24.3 Å². The van der Waals surface area contributed by atoms with Gasteiger partial charge in [0.1, 0.15) is 0 Å². The van der Waals surface area contributed by atoms with Crippen molar-refractivity contribution < 1.29 is 13.5 Å². The Balaban J connectivity index is 2.30. The van der Waals surface area contributed by atoms with Gasteiger partial charge in [0, 0.05) is 13.5 Å². The van der Waals surface area contributed by atoms with Gasteiger partial charge in [0.05, 0.1) is 12.1 Å². The molecule has 0 radical (unpaired) electrons. The maximum Gasteiger partial charge on any atom is 0.277 e. The Morgan fingerprint density at radius 1 is 1.38 bits per heavy atom. The molecule has 0 unspecified atom stereocenters. The Morgan fingerprint density at radius 2 is 2.06 bits per heavy atom. The largest absolute Gasteiger partial charge is 0.391 e. The molecule has 0 saturated heterocycles. The summed E-state index contributed by atoms with van der Waals surface area (Å²) in [5.74, 6) is 0. The molecule has 0 aliphatic heterocycles. The fourth-order valence-corrected chi connectivity index (χ4v) is 2.68. The lowest BCUT2D eigenvalue weighted by Gasteiger charge is -2.17. The summed E-state index contributed by atoms with van der Waals surface area (Å²) in [6.45, 7) is 0. The van der Waals surface area contributed by atoms with E-state index >= 15 is 0 Å². The van der Waals surface area contributed by atoms with Gasteiger partial charge in [-0.3, -0.25) is 0 Å². The summed E-state index contributed by atoms with van der Waals surface area (Å²) in [5.41, 5.74) is 1.83. The second-order valence-electron chi connectivity index (χ2n) is 3.77. The van der Waals surface area contributed by atoms with Gasteiger partial charge in [-0.2, -0.15) is 13.1 Å². The standard InChI is InChI=1S/C10H14N2O3S/c1-11-16(14,15)12-10-8-5-3-2-4-7(8)6-9(10)13/h2-5,9-13H,6H2,1H3/t9-,10+/m1/s1. The SMILES string of the molecule is CNS(=O)(=O)N[C@H]1c2ccccc2C[C@H]1O. The van der Waals surface area contributed by atoms with Crippen molar-refractivity contribution in [3.63, 3.8) is 0 Å². The number of nitrogens with one attached hydrogen (secondary N) is 2. The molecule has 0 saturated carbocycles. The van der Waals surface area contributed by atoms with Crippen molar-refractivity contribution in [2.45, 2.75) is 18.6 Å². The summed E-state index contributed by atoms with van der Waals surface area (Å²) >= 11 is 0. The maximum atomic E-state index is 11.4. The van der Waals surface area contributed by atoms with Gasteiger partial charge in [0.15, 0.2) is 0 Å². The van der Waals surface area contributed by atoms with E-state index in [2.05, 4.69) is 9.44 Å². The summed E-state index contributed by atoms with van der Waals surface area (Å²) < 4.78 is 27.3. The van der Waals surface area contributed by atoms with E-state index in [1.807, 2.05) is 24.3 Å². The number of aliphatic hydroxyl groups excluding tert-OH is 1. The number of rotatable bonds is 3. The predicted octanol–water partition coefficient (Wildman–Crippen LogP) is -0.302. The maximum absolute atomic E-state index is 11.4. The van der Waals surface area contributed by atoms with Gasteiger partial charge in [-0.1, -0.05) is 24.3 Å². The van der Waals surface area contributed by atoms with Crippen LogP contribution in [0.25, 0.3) is 0 Å². The van der Waals surface area contributed by atoms with Gasteiger partial charge in [-0.25, -0.2) is 4.72 Å². The number of hydrogen-bond donors (Lipinski definition) is 3. The molecule has 1 aliphatic rings. The molecule has 2 atom stereocenters. The predicted molar refractivity (Wildman–Crippen MR) is 60.0 cm³/mol. The zero-order valence-electron chi connectivity index (χ0n) is 8.84. The molecule has 88 valence electrons. The minimum Gasteiger partial charge on any atom is -0.391 e. The Kier molecular flexibility index (Phi) is 2.98. The highest BCUT2D eigenvalue weighted by molar-refractivity contribution is 7.87. The molecule has 6 heteroatoms. The van der Waals surface area contributed by atoms with Crippen molar-refractivity contribution in [1.29, 1.82) is 0 Å². The molecule has 0 fully saturated rings. The van der Waals surface area contributed by atoms with Crippen LogP contribution in [0, 0.1) is 0 Å². The summed E-state index contributed by atoms with van der Waals surface area (Å²) in [7, 11) is -2.21. The lowest BCUT2D eigenvalue weighted by Crippen LogP contribution is -2.39. The first-order valence-corrected chi connectivity index (χ1v) is 6.48. The van der Waals surface area contributed by atoms with E-state index in [0.29, 0.717) is 6.42 Å². The van der Waals surface area contributed by atoms with Crippen molar-refractivity contribution in [2.24, 2.45) is 0 Å². The number of benzene rings is 1. The van der Waals surface area contributed by atoms with E-state index in [-0.39, 0.29) is 0 Å². The van der Waals surface area contributed by atoms with E-state index in [4.69, 9.17) is 0 Å². The first-order chi connectivity index (χ1) is 7.53. The molecule has 3 N–H and O–H groups in total. The number of fused-ring (bicyclic) bond motifs is 1. The van der Waals surface area contributed by atoms with Crippen LogP contribution < -0.4 is 9.44 Å². The third-order valence-corrected chi connectivity index (χ3v) is 3.86. The fourth-order valence-electron chi connectivity index (χ4n) is 1.94. The summed E-state index contributed by atoms with van der Waals surface area (Å²) in [6.07, 6.45) is -0.229. The van der Waals surface area contributed by atoms with Gasteiger partial charge in [0.2, 0.25) is 0 Å². The first-order valence-electron chi connectivity index (χ1n) is 5.00. The summed E-state index contributed by atoms with van der Waals surface area (Å²) in [5, 5.41) is 9.81. The molecule has 2 rings (SSSR count). The van der Waals surface area contributed by atoms with E-state index in [9.17, 15) is 13.5 Å². The second-order valence-corrected chi connectivity index (χ2v) is 5.42. The monoisotopic (exact) mass is 242 g/mol. The van der Waals surface area contributed by atoms with Crippen molar-refractivity contribution in [2.75, 3.05) is 7.05 Å². The average molecular weight is 242 g/mol. The summed E-state index contributed by atoms with van der Waals surface area (Å²) in [4.78, 5) is 0. The number of hydrogen-bond acceptors (Lipinski definition) is 3. The van der Waals surface area contributed by atoms with E-state index in [1.54, 1.807) is 0 Å². The molecule has 0 heterocycles. The Labute approximate surface area is 94.7 Å². The lowest BCUT2D eigenvalue weighted by molar-refractivity contribution is 0.151. The van der Waals surface area contributed by atoms with Crippen LogP contribution in [-0.4, -0.2) is 26.7 Å². The third kappa shape index (κ3) is 2.10. The smallest absolute Gasteiger partial charge is 0.277 e. The van der Waals surface area contributed by atoms with Gasteiger partial charge in [0.25, 0.3) is 10.2 Å². The highest BCUT2D eigenvalue weighted by Crippen LogP contribution is 2.31. The topological polar surface area (TPSA) is 78.4 Å². The van der Waals surface area contributed by atoms with Gasteiger partial charge in [-0.15, -0.1) is 0 Å². The van der Waals surface area contributed by atoms with Crippen LogP contribution >= 0.6 is 0 Å². The molecule has 5 nitrogen and oxygen atoms in total. The van der Waals surface area contributed by atoms with E-state index in [0.717, 1.165) is 11.1 Å². The van der Waals surface area contributed by atoms with E-state index < -0.39 is 22.4 Å². The zero-order valence-corrected chi connectivity index (χ0v) is 9.66. The highest BCUT2D eigenvalue weighted by atomic mass is 32.2. The lowest BCUT2D eigenvalue weighted by atomic mass is 10.1. The van der Waals surface area contributed by atoms with Crippen LogP contribution in [0.2, 0.25) is 0 Å². The fraction of sp³-hybridized carbons (Fsp3) is 0.400. The quantitative estimate of drug-likeness (QED) is 0.681. The molecule has 1 aliphatic carbocycles. The van der Waals surface area contributed by atoms with Crippen molar-refractivity contribution >= 4 is 10.2 Å². The molecule has 0 aromatic heterocycles. The summed E-state index contributed by atoms with van der Waals surface area (Å²) in [6, 6.07) is 6.87. The average Bonchev–Trinajstić information content (AvgIpc) is 2.56. The Morgan fingerprint density at radius 3 is 2.75 bits per heavy atom. The van der Waals surface area contributed by atoms with E-state index in [1.165, 1.54) is 7.05 Å². The molecule has 0 spiro atoms. The minimum absolute atomic E-state index is 0.479. The van der Waals surface area contributed by atoms with Gasteiger partial charge < -0.3 is 5.11 Å². The molecular formula is C10H14N2O3S. The van der Waals surface area contributed by atoms with Gasteiger partial charge in [-0.05, 0) is 11.1 Å². The molecule has 1 aromatic carbocycles. The van der Waals surface area contributed by atoms with Crippen molar-refractivity contribution in [1.82, 2.24) is 9.44 Å². The molecule has 0 bridgehead atoms. The molecular weight excluding hydrogens is 228 g/mol. The van der Waals surface area contributed by atoms with Crippen LogP contribution in [-0.2, 0) is 16.6 Å². The Hall–Kier alpha value is -0.950.